The molecular weight excluding hydrogens is 749 g/mol. The Morgan fingerprint density at radius 1 is 1.15 bits per heavy atom. The first kappa shape index (κ1) is 36.0. The van der Waals surface area contributed by atoms with E-state index in [-0.39, 0.29) is 53.5 Å². The number of pyridine rings is 2. The molecule has 1 saturated heterocycles. The third kappa shape index (κ3) is 7.19. The molecule has 17 heteroatoms. The number of hydrogen-bond acceptors (Lipinski definition) is 11. The highest BCUT2D eigenvalue weighted by Gasteiger charge is 2.35. The van der Waals surface area contributed by atoms with Crippen LogP contribution in [0, 0.1) is 30.1 Å². The Hall–Kier alpha value is -5.39. The second kappa shape index (κ2) is 14.6. The topological polar surface area (TPSA) is 141 Å². The zero-order valence-corrected chi connectivity index (χ0v) is 30.1. The normalized spacial score (nSPS) is 13.9. The van der Waals surface area contributed by atoms with E-state index >= 15 is 0 Å². The summed E-state index contributed by atoms with van der Waals surface area (Å²) in [4.78, 5) is 46.7. The number of aryl methyl sites for hydroxylation is 1. The van der Waals surface area contributed by atoms with E-state index in [1.807, 2.05) is 0 Å². The lowest BCUT2D eigenvalue weighted by Gasteiger charge is -2.38. The van der Waals surface area contributed by atoms with Gasteiger partial charge in [0, 0.05) is 52.4 Å². The Bertz CT molecular complexity index is 2550. The highest BCUT2D eigenvalue weighted by molar-refractivity contribution is 7.18. The molecule has 0 spiro atoms. The van der Waals surface area contributed by atoms with Crippen molar-refractivity contribution in [3.8, 4) is 29.0 Å². The summed E-state index contributed by atoms with van der Waals surface area (Å²) in [6, 6.07) is 8.78. The number of thiazole rings is 1. The molecule has 1 N–H and O–H groups in total. The largest absolute Gasteiger partial charge is 0.478 e. The van der Waals surface area contributed by atoms with Crippen molar-refractivity contribution >= 4 is 72.2 Å². The number of benzene rings is 1. The number of piperidine rings is 1. The monoisotopic (exact) mass is 774 g/mol. The molecule has 53 heavy (non-hydrogen) atoms. The van der Waals surface area contributed by atoms with Crippen LogP contribution in [0.15, 0.2) is 58.5 Å². The van der Waals surface area contributed by atoms with Gasteiger partial charge in [-0.25, -0.2) is 14.8 Å². The van der Waals surface area contributed by atoms with E-state index < -0.39 is 24.2 Å². The molecule has 0 bridgehead atoms. The number of halogens is 4. The molecule has 5 aromatic heterocycles. The van der Waals surface area contributed by atoms with Gasteiger partial charge in [-0.1, -0.05) is 23.4 Å². The maximum absolute atomic E-state index is 14.2. The van der Waals surface area contributed by atoms with Gasteiger partial charge in [-0.3, -0.25) is 24.2 Å². The van der Waals surface area contributed by atoms with Crippen molar-refractivity contribution in [3.05, 3.63) is 91.6 Å². The van der Waals surface area contributed by atoms with Gasteiger partial charge in [0.2, 0.25) is 0 Å². The lowest BCUT2D eigenvalue weighted by Crippen LogP contribution is -2.46. The number of likely N-dealkylation sites (tertiary alicyclic amines) is 1. The van der Waals surface area contributed by atoms with Gasteiger partial charge < -0.3 is 10.0 Å². The van der Waals surface area contributed by atoms with Crippen molar-refractivity contribution in [2.75, 3.05) is 24.5 Å². The number of aromatic nitrogens is 5. The first-order valence-electron chi connectivity index (χ1n) is 16.1. The molecule has 11 nitrogen and oxygen atoms in total. The predicted octanol–water partition coefficient (Wildman–Crippen LogP) is 7.27. The minimum absolute atomic E-state index is 0.00815. The molecule has 0 amide bonds. The quantitative estimate of drug-likeness (QED) is 0.165. The number of hydrogen-bond donors (Lipinski definition) is 1. The van der Waals surface area contributed by atoms with Gasteiger partial charge in [-0.2, -0.15) is 18.4 Å². The van der Waals surface area contributed by atoms with Crippen LogP contribution in [-0.2, 0) is 6.54 Å². The number of fused-ring (bicyclic) bond motifs is 2. The predicted molar refractivity (Wildman–Crippen MR) is 197 cm³/mol. The number of anilines is 2. The second-order valence-corrected chi connectivity index (χ2v) is 14.4. The van der Waals surface area contributed by atoms with Crippen LogP contribution in [-0.4, -0.2) is 72.3 Å². The van der Waals surface area contributed by atoms with E-state index in [0.717, 1.165) is 0 Å². The number of carbonyl (C=O) groups is 1. The number of carboxylic acids is 1. The number of alkyl halides is 3. The molecule has 1 aromatic carbocycles. The lowest BCUT2D eigenvalue weighted by molar-refractivity contribution is -0.147. The molecule has 1 aliphatic rings. The van der Waals surface area contributed by atoms with Crippen LogP contribution in [0.1, 0.15) is 40.2 Å². The zero-order valence-electron chi connectivity index (χ0n) is 27.7. The molecule has 6 aromatic rings. The summed E-state index contributed by atoms with van der Waals surface area (Å²) in [6.45, 7) is 0.959. The minimum atomic E-state index is -4.31. The maximum Gasteiger partial charge on any atom is 0.401 e. The summed E-state index contributed by atoms with van der Waals surface area (Å²) in [5.74, 6) is 5.65. The number of aromatic carboxylic acids is 1. The molecule has 0 atom stereocenters. The van der Waals surface area contributed by atoms with E-state index in [1.54, 1.807) is 47.8 Å². The average molecular weight is 775 g/mol. The van der Waals surface area contributed by atoms with Crippen molar-refractivity contribution in [1.29, 1.82) is 5.26 Å². The summed E-state index contributed by atoms with van der Waals surface area (Å²) in [6.07, 6.45) is 0.992. The Morgan fingerprint density at radius 3 is 2.64 bits per heavy atom. The van der Waals surface area contributed by atoms with Gasteiger partial charge in [0.25, 0.3) is 5.56 Å². The number of nitriles is 1. The third-order valence-corrected chi connectivity index (χ3v) is 10.9. The molecule has 0 unspecified atom stereocenters. The molecule has 1 fully saturated rings. The van der Waals surface area contributed by atoms with Crippen molar-refractivity contribution in [3.63, 3.8) is 0 Å². The molecule has 0 saturated carbocycles. The van der Waals surface area contributed by atoms with Gasteiger partial charge in [-0.05, 0) is 44.0 Å². The number of nitrogens with zero attached hydrogens (tertiary/aromatic N) is 8. The first-order valence-corrected chi connectivity index (χ1v) is 18.2. The first-order chi connectivity index (χ1) is 25.4. The lowest BCUT2D eigenvalue weighted by atomic mass is 10.00. The smallest absolute Gasteiger partial charge is 0.401 e. The number of thiophene rings is 1. The van der Waals surface area contributed by atoms with Gasteiger partial charge in [0.1, 0.15) is 22.5 Å². The van der Waals surface area contributed by atoms with Crippen LogP contribution in [0.5, 0.6) is 0 Å². The van der Waals surface area contributed by atoms with E-state index in [0.29, 0.717) is 55.6 Å². The van der Waals surface area contributed by atoms with Crippen LogP contribution < -0.4 is 10.5 Å². The number of carboxylic acid groups (broad SMARTS) is 1. The summed E-state index contributed by atoms with van der Waals surface area (Å²) < 4.78 is 41.3. The van der Waals surface area contributed by atoms with E-state index in [9.17, 15) is 33.1 Å². The van der Waals surface area contributed by atoms with Crippen LogP contribution in [0.25, 0.3) is 32.2 Å². The molecule has 1 aliphatic heterocycles. The van der Waals surface area contributed by atoms with E-state index in [4.69, 9.17) is 11.6 Å². The Morgan fingerprint density at radius 2 is 1.94 bits per heavy atom. The SMILES string of the molecule is Cc1nc2cnc(N(c3cncs3)C3CCN(CC(F)(F)F)CC3)c(C#N)c2c(=O)n1CC#Cc1ccc(Cl)cc1-c1ccnc2c(C(=O)O)csc12. The van der Waals surface area contributed by atoms with Crippen LogP contribution in [0.3, 0.4) is 0 Å². The van der Waals surface area contributed by atoms with Gasteiger partial charge in [-0.15, -0.1) is 22.7 Å². The van der Waals surface area contributed by atoms with Crippen molar-refractivity contribution in [1.82, 2.24) is 29.4 Å². The van der Waals surface area contributed by atoms with Crippen LogP contribution >= 0.6 is 34.3 Å². The summed E-state index contributed by atoms with van der Waals surface area (Å²) in [5.41, 5.74) is 3.72. The highest BCUT2D eigenvalue weighted by Crippen LogP contribution is 2.38. The third-order valence-electron chi connectivity index (χ3n) is 8.91. The fourth-order valence-corrected chi connectivity index (χ4v) is 8.42. The van der Waals surface area contributed by atoms with Gasteiger partial charge in [0.15, 0.2) is 5.82 Å². The minimum Gasteiger partial charge on any atom is -0.478 e. The Balaban J connectivity index is 1.25. The molecular formula is C36H26ClF3N8O3S2. The zero-order chi connectivity index (χ0) is 37.4. The summed E-state index contributed by atoms with van der Waals surface area (Å²) in [7, 11) is 0. The van der Waals surface area contributed by atoms with Crippen molar-refractivity contribution in [2.24, 2.45) is 0 Å². The van der Waals surface area contributed by atoms with E-state index in [2.05, 4.69) is 37.8 Å². The van der Waals surface area contributed by atoms with Gasteiger partial charge in [0.05, 0.1) is 57.7 Å². The van der Waals surface area contributed by atoms with Crippen LogP contribution in [0.4, 0.5) is 24.0 Å². The average Bonchev–Trinajstić information content (AvgIpc) is 3.81. The van der Waals surface area contributed by atoms with Crippen molar-refractivity contribution in [2.45, 2.75) is 38.5 Å². The molecule has 7 rings (SSSR count). The molecule has 0 aliphatic carbocycles. The molecule has 6 heterocycles. The summed E-state index contributed by atoms with van der Waals surface area (Å²) >= 11 is 8.93. The van der Waals surface area contributed by atoms with Crippen molar-refractivity contribution < 1.29 is 23.1 Å². The number of rotatable bonds is 7. The van der Waals surface area contributed by atoms with Crippen LogP contribution in [0.2, 0.25) is 5.02 Å². The second-order valence-electron chi connectivity index (χ2n) is 12.2. The highest BCUT2D eigenvalue weighted by atomic mass is 35.5. The fourth-order valence-electron chi connectivity index (χ4n) is 6.52. The molecule has 268 valence electrons. The standard InChI is InChI=1S/C36H26ClF3N8O3S2/c1-20-45-28-15-44-33(48(29-16-42-19-53-29)23-7-11-46(12-8-23)18-36(38,39)40)26(14-41)30(28)34(49)47(20)10-2-3-21-4-5-22(37)13-25(21)24-6-9-43-31-27(35(50)51)17-52-32(24)31/h4-6,9,13,15-17,19,23H,7-8,10-12,18H2,1H3,(H,50,51). The molecule has 0 radical (unpaired) electrons. The maximum atomic E-state index is 14.2. The Kier molecular flexibility index (Phi) is 9.89. The fraction of sp³-hybridized carbons (Fsp3) is 0.250. The van der Waals surface area contributed by atoms with Gasteiger partial charge >= 0.3 is 12.1 Å². The summed E-state index contributed by atoms with van der Waals surface area (Å²) in [5, 5.41) is 22.8. The van der Waals surface area contributed by atoms with E-state index in [1.165, 1.54) is 49.9 Å². The Labute approximate surface area is 312 Å².